The van der Waals surface area contributed by atoms with Crippen LogP contribution in [0.4, 0.5) is 5.69 Å². The van der Waals surface area contributed by atoms with Crippen LogP contribution in [0.15, 0.2) is 18.2 Å². The van der Waals surface area contributed by atoms with E-state index in [-0.39, 0.29) is 18.5 Å². The van der Waals surface area contributed by atoms with E-state index in [4.69, 9.17) is 21.1 Å². The molecule has 110 valence electrons. The van der Waals surface area contributed by atoms with E-state index >= 15 is 0 Å². The van der Waals surface area contributed by atoms with Crippen LogP contribution in [0, 0.1) is 0 Å². The standard InChI is InChI=1S/C14H19ClN2O3/c1-19-13-3-2-11(8-12(13)15)16-9-14(18)17-10-4-6-20-7-5-10/h2-3,8,10,16H,4-7,9H2,1H3,(H,17,18). The van der Waals surface area contributed by atoms with E-state index in [1.165, 1.54) is 0 Å². The first-order valence-corrected chi connectivity index (χ1v) is 7.01. The van der Waals surface area contributed by atoms with Crippen LogP contribution < -0.4 is 15.4 Å². The van der Waals surface area contributed by atoms with E-state index in [1.807, 2.05) is 6.07 Å². The third kappa shape index (κ3) is 4.28. The maximum absolute atomic E-state index is 11.8. The Kier molecular flexibility index (Phi) is 5.49. The van der Waals surface area contributed by atoms with E-state index in [1.54, 1.807) is 19.2 Å². The molecule has 0 aliphatic carbocycles. The van der Waals surface area contributed by atoms with Crippen molar-refractivity contribution >= 4 is 23.2 Å². The predicted octanol–water partition coefficient (Wildman–Crippen LogP) is 2.06. The van der Waals surface area contributed by atoms with Crippen LogP contribution >= 0.6 is 11.6 Å². The highest BCUT2D eigenvalue weighted by Gasteiger charge is 2.15. The lowest BCUT2D eigenvalue weighted by Gasteiger charge is -2.23. The molecule has 0 saturated carbocycles. The summed E-state index contributed by atoms with van der Waals surface area (Å²) >= 11 is 6.02. The van der Waals surface area contributed by atoms with Gasteiger partial charge in [0.15, 0.2) is 0 Å². The van der Waals surface area contributed by atoms with Crippen molar-refractivity contribution in [3.05, 3.63) is 23.2 Å². The molecule has 1 heterocycles. The van der Waals surface area contributed by atoms with Crippen LogP contribution in [0.2, 0.25) is 5.02 Å². The zero-order valence-corrected chi connectivity index (χ0v) is 12.2. The van der Waals surface area contributed by atoms with Gasteiger partial charge in [0.05, 0.1) is 18.7 Å². The lowest BCUT2D eigenvalue weighted by molar-refractivity contribution is -0.120. The number of anilines is 1. The number of amides is 1. The van der Waals surface area contributed by atoms with Gasteiger partial charge in [0.25, 0.3) is 0 Å². The van der Waals surface area contributed by atoms with Crippen LogP contribution in [0.25, 0.3) is 0 Å². The average Bonchev–Trinajstić information content (AvgIpc) is 2.46. The molecule has 0 unspecified atom stereocenters. The summed E-state index contributed by atoms with van der Waals surface area (Å²) in [5.41, 5.74) is 0.790. The van der Waals surface area contributed by atoms with Crippen LogP contribution in [0.1, 0.15) is 12.8 Å². The van der Waals surface area contributed by atoms with Gasteiger partial charge in [-0.05, 0) is 31.0 Å². The number of hydrogen-bond donors (Lipinski definition) is 2. The average molecular weight is 299 g/mol. The number of hydrogen-bond acceptors (Lipinski definition) is 4. The molecule has 1 aromatic carbocycles. The largest absolute Gasteiger partial charge is 0.495 e. The van der Waals surface area contributed by atoms with Gasteiger partial charge in [0.1, 0.15) is 5.75 Å². The number of benzene rings is 1. The Balaban J connectivity index is 1.79. The van der Waals surface area contributed by atoms with Crippen molar-refractivity contribution in [1.29, 1.82) is 0 Å². The maximum Gasteiger partial charge on any atom is 0.239 e. The molecule has 1 amide bonds. The Morgan fingerprint density at radius 3 is 2.85 bits per heavy atom. The molecule has 0 spiro atoms. The van der Waals surface area contributed by atoms with Gasteiger partial charge in [0.2, 0.25) is 5.91 Å². The van der Waals surface area contributed by atoms with E-state index in [0.29, 0.717) is 24.0 Å². The summed E-state index contributed by atoms with van der Waals surface area (Å²) in [6, 6.07) is 5.55. The van der Waals surface area contributed by atoms with Crippen molar-refractivity contribution in [2.45, 2.75) is 18.9 Å². The van der Waals surface area contributed by atoms with Gasteiger partial charge >= 0.3 is 0 Å². The lowest BCUT2D eigenvalue weighted by Crippen LogP contribution is -2.41. The first kappa shape index (κ1) is 14.9. The Morgan fingerprint density at radius 2 is 2.20 bits per heavy atom. The van der Waals surface area contributed by atoms with Gasteiger partial charge in [-0.3, -0.25) is 4.79 Å². The molecule has 1 aliphatic heterocycles. The lowest BCUT2D eigenvalue weighted by atomic mass is 10.1. The van der Waals surface area contributed by atoms with Crippen LogP contribution in [0.5, 0.6) is 5.75 Å². The molecule has 0 bridgehead atoms. The third-order valence-corrected chi connectivity index (χ3v) is 3.49. The number of carbonyl (C=O) groups is 1. The second kappa shape index (κ2) is 7.36. The summed E-state index contributed by atoms with van der Waals surface area (Å²) in [5.74, 6) is 0.590. The Hall–Kier alpha value is -1.46. The van der Waals surface area contributed by atoms with Gasteiger partial charge in [0, 0.05) is 24.9 Å². The molecule has 20 heavy (non-hydrogen) atoms. The first-order valence-electron chi connectivity index (χ1n) is 6.63. The zero-order chi connectivity index (χ0) is 14.4. The van der Waals surface area contributed by atoms with E-state index < -0.39 is 0 Å². The Morgan fingerprint density at radius 1 is 1.45 bits per heavy atom. The number of rotatable bonds is 5. The molecular formula is C14H19ClN2O3. The van der Waals surface area contributed by atoms with Crippen molar-refractivity contribution < 1.29 is 14.3 Å². The van der Waals surface area contributed by atoms with Gasteiger partial charge in [-0.25, -0.2) is 0 Å². The Labute approximate surface area is 123 Å². The highest BCUT2D eigenvalue weighted by Crippen LogP contribution is 2.26. The number of carbonyl (C=O) groups excluding carboxylic acids is 1. The van der Waals surface area contributed by atoms with Gasteiger partial charge in [-0.1, -0.05) is 11.6 Å². The van der Waals surface area contributed by atoms with Crippen molar-refractivity contribution in [2.75, 3.05) is 32.2 Å². The summed E-state index contributed by atoms with van der Waals surface area (Å²) in [6.07, 6.45) is 1.75. The summed E-state index contributed by atoms with van der Waals surface area (Å²) in [7, 11) is 1.57. The number of ether oxygens (including phenoxy) is 2. The zero-order valence-electron chi connectivity index (χ0n) is 11.4. The van der Waals surface area contributed by atoms with E-state index in [9.17, 15) is 4.79 Å². The fraction of sp³-hybridized carbons (Fsp3) is 0.500. The molecular weight excluding hydrogens is 280 g/mol. The van der Waals surface area contributed by atoms with Gasteiger partial charge in [-0.15, -0.1) is 0 Å². The fourth-order valence-corrected chi connectivity index (χ4v) is 2.34. The maximum atomic E-state index is 11.8. The number of nitrogens with one attached hydrogen (secondary N) is 2. The molecule has 5 nitrogen and oxygen atoms in total. The minimum absolute atomic E-state index is 0.0242. The summed E-state index contributed by atoms with van der Waals surface area (Å²) in [5, 5.41) is 6.55. The molecule has 0 aromatic heterocycles. The highest BCUT2D eigenvalue weighted by atomic mass is 35.5. The van der Waals surface area contributed by atoms with E-state index in [0.717, 1.165) is 18.5 Å². The molecule has 2 N–H and O–H groups in total. The summed E-state index contributed by atoms with van der Waals surface area (Å²) in [4.78, 5) is 11.8. The highest BCUT2D eigenvalue weighted by molar-refractivity contribution is 6.32. The first-order chi connectivity index (χ1) is 9.69. The van der Waals surface area contributed by atoms with Gasteiger partial charge in [-0.2, -0.15) is 0 Å². The number of halogens is 1. The monoisotopic (exact) mass is 298 g/mol. The van der Waals surface area contributed by atoms with Gasteiger partial charge < -0.3 is 20.1 Å². The van der Waals surface area contributed by atoms with Crippen LogP contribution in [-0.2, 0) is 9.53 Å². The molecule has 1 fully saturated rings. The van der Waals surface area contributed by atoms with Crippen molar-refractivity contribution in [3.63, 3.8) is 0 Å². The van der Waals surface area contributed by atoms with E-state index in [2.05, 4.69) is 10.6 Å². The molecule has 0 radical (unpaired) electrons. The minimum atomic E-state index is -0.0242. The molecule has 2 rings (SSSR count). The van der Waals surface area contributed by atoms with Crippen molar-refractivity contribution in [2.24, 2.45) is 0 Å². The van der Waals surface area contributed by atoms with Crippen molar-refractivity contribution in [1.82, 2.24) is 5.32 Å². The molecule has 1 aliphatic rings. The normalized spacial score (nSPS) is 15.7. The Bertz CT molecular complexity index is 462. The predicted molar refractivity (Wildman–Crippen MR) is 78.5 cm³/mol. The van der Waals surface area contributed by atoms with Crippen LogP contribution in [-0.4, -0.2) is 38.8 Å². The summed E-state index contributed by atoms with van der Waals surface area (Å²) in [6.45, 7) is 1.65. The smallest absolute Gasteiger partial charge is 0.239 e. The second-order valence-electron chi connectivity index (χ2n) is 4.66. The summed E-state index contributed by atoms with van der Waals surface area (Å²) < 4.78 is 10.3. The molecule has 1 aromatic rings. The quantitative estimate of drug-likeness (QED) is 0.873. The third-order valence-electron chi connectivity index (χ3n) is 3.19. The molecule has 1 saturated heterocycles. The second-order valence-corrected chi connectivity index (χ2v) is 5.06. The SMILES string of the molecule is COc1ccc(NCC(=O)NC2CCOCC2)cc1Cl. The number of methoxy groups -OCH3 is 1. The molecule has 0 atom stereocenters. The fourth-order valence-electron chi connectivity index (χ4n) is 2.08. The topological polar surface area (TPSA) is 59.6 Å². The van der Waals surface area contributed by atoms with Crippen LogP contribution in [0.3, 0.4) is 0 Å². The molecule has 6 heteroatoms. The van der Waals surface area contributed by atoms with Crippen molar-refractivity contribution in [3.8, 4) is 5.75 Å². The minimum Gasteiger partial charge on any atom is -0.495 e.